The van der Waals surface area contributed by atoms with Crippen LogP contribution in [0.3, 0.4) is 0 Å². The van der Waals surface area contributed by atoms with E-state index in [1.54, 1.807) is 7.11 Å². The molecule has 0 saturated carbocycles. The Hall–Kier alpha value is -1.11. The molecule has 6 heteroatoms. The molecule has 1 aliphatic heterocycles. The number of piperidine rings is 1. The number of hydrogen-bond acceptors (Lipinski definition) is 4. The summed E-state index contributed by atoms with van der Waals surface area (Å²) in [6, 6.07) is 3.74. The first kappa shape index (κ1) is 19.6. The summed E-state index contributed by atoms with van der Waals surface area (Å²) in [6.07, 6.45) is 7.64. The number of aryl methyl sites for hydroxylation is 2. The molecule has 0 amide bonds. The quantitative estimate of drug-likeness (QED) is 0.739. The zero-order chi connectivity index (χ0) is 18.6. The number of fused-ring (bicyclic) bond motifs is 1. The molecule has 1 aromatic rings. The largest absolute Gasteiger partial charge is 0.495 e. The average Bonchev–Trinajstić information content (AvgIpc) is 2.64. The van der Waals surface area contributed by atoms with Gasteiger partial charge in [-0.1, -0.05) is 6.92 Å². The van der Waals surface area contributed by atoms with Crippen LogP contribution >= 0.6 is 0 Å². The van der Waals surface area contributed by atoms with E-state index in [-0.39, 0.29) is 4.90 Å². The summed E-state index contributed by atoms with van der Waals surface area (Å²) in [5, 5.41) is 0. The number of methoxy groups -OCH3 is 1. The zero-order valence-corrected chi connectivity index (χ0v) is 16.9. The summed E-state index contributed by atoms with van der Waals surface area (Å²) in [5.74, 6) is 1.21. The molecular weight excluding hydrogens is 348 g/mol. The van der Waals surface area contributed by atoms with Crippen LogP contribution < -0.4 is 9.46 Å². The van der Waals surface area contributed by atoms with Gasteiger partial charge in [-0.15, -0.1) is 0 Å². The number of hydrogen-bond donors (Lipinski definition) is 1. The number of likely N-dealkylation sites (tertiary alicyclic amines) is 1. The highest BCUT2D eigenvalue weighted by atomic mass is 32.2. The van der Waals surface area contributed by atoms with E-state index in [1.807, 2.05) is 12.1 Å². The molecule has 1 N–H and O–H groups in total. The highest BCUT2D eigenvalue weighted by molar-refractivity contribution is 7.89. The van der Waals surface area contributed by atoms with Crippen molar-refractivity contribution in [3.05, 3.63) is 23.3 Å². The van der Waals surface area contributed by atoms with Gasteiger partial charge in [-0.3, -0.25) is 0 Å². The molecule has 0 spiro atoms. The Kier molecular flexibility index (Phi) is 6.59. The molecule has 5 nitrogen and oxygen atoms in total. The average molecular weight is 381 g/mol. The maximum absolute atomic E-state index is 12.8. The van der Waals surface area contributed by atoms with Crippen molar-refractivity contribution in [2.75, 3.05) is 33.3 Å². The third-order valence-electron chi connectivity index (χ3n) is 5.60. The molecule has 1 fully saturated rings. The van der Waals surface area contributed by atoms with Gasteiger partial charge in [-0.25, -0.2) is 13.1 Å². The van der Waals surface area contributed by atoms with E-state index in [2.05, 4.69) is 16.5 Å². The Morgan fingerprint density at radius 3 is 2.62 bits per heavy atom. The minimum absolute atomic E-state index is 0.284. The Morgan fingerprint density at radius 2 is 1.92 bits per heavy atom. The number of nitrogens with one attached hydrogen (secondary N) is 1. The van der Waals surface area contributed by atoms with Gasteiger partial charge in [0.1, 0.15) is 10.6 Å². The summed E-state index contributed by atoms with van der Waals surface area (Å²) in [6.45, 7) is 5.97. The molecule has 1 saturated heterocycles. The van der Waals surface area contributed by atoms with Crippen LogP contribution in [0, 0.1) is 5.92 Å². The normalized spacial score (nSPS) is 21.4. The number of benzene rings is 1. The molecule has 1 aromatic carbocycles. The van der Waals surface area contributed by atoms with Crippen molar-refractivity contribution in [1.82, 2.24) is 9.62 Å². The van der Waals surface area contributed by atoms with Crippen LogP contribution in [-0.2, 0) is 22.9 Å². The Morgan fingerprint density at radius 1 is 1.19 bits per heavy atom. The molecule has 1 atom stereocenters. The molecule has 3 rings (SSSR count). The number of ether oxygens (including phenoxy) is 1. The van der Waals surface area contributed by atoms with Crippen LogP contribution in [0.25, 0.3) is 0 Å². The van der Waals surface area contributed by atoms with Crippen molar-refractivity contribution < 1.29 is 13.2 Å². The van der Waals surface area contributed by atoms with E-state index < -0.39 is 10.0 Å². The Labute approximate surface area is 158 Å². The van der Waals surface area contributed by atoms with Gasteiger partial charge >= 0.3 is 0 Å². The summed E-state index contributed by atoms with van der Waals surface area (Å²) in [7, 11) is -2.00. The smallest absolute Gasteiger partial charge is 0.244 e. The molecule has 0 aromatic heterocycles. The van der Waals surface area contributed by atoms with E-state index >= 15 is 0 Å². The fourth-order valence-corrected chi connectivity index (χ4v) is 5.46. The third kappa shape index (κ3) is 4.78. The molecule has 0 radical (unpaired) electrons. The lowest BCUT2D eigenvalue weighted by molar-refractivity contribution is 0.182. The SMILES string of the molecule is COc1cc2c(cc1S(=O)(=O)NCCCN1CCCC(C)C1)CCCC2. The summed E-state index contributed by atoms with van der Waals surface area (Å²) >= 11 is 0. The molecule has 1 heterocycles. The van der Waals surface area contributed by atoms with E-state index in [0.717, 1.165) is 63.2 Å². The maximum atomic E-state index is 12.8. The fraction of sp³-hybridized carbons (Fsp3) is 0.700. The molecule has 146 valence electrons. The molecule has 26 heavy (non-hydrogen) atoms. The third-order valence-corrected chi connectivity index (χ3v) is 7.08. The minimum atomic E-state index is -3.54. The number of nitrogens with zero attached hydrogens (tertiary/aromatic N) is 1. The highest BCUT2D eigenvalue weighted by Crippen LogP contribution is 2.31. The second-order valence-electron chi connectivity index (χ2n) is 7.78. The molecule has 0 bridgehead atoms. The summed E-state index contributed by atoms with van der Waals surface area (Å²) in [5.41, 5.74) is 2.38. The van der Waals surface area contributed by atoms with Gasteiger partial charge < -0.3 is 9.64 Å². The van der Waals surface area contributed by atoms with Crippen molar-refractivity contribution in [2.24, 2.45) is 5.92 Å². The van der Waals surface area contributed by atoms with Gasteiger partial charge in [0.2, 0.25) is 10.0 Å². The molecule has 2 aliphatic rings. The van der Waals surface area contributed by atoms with E-state index in [1.165, 1.54) is 18.4 Å². The van der Waals surface area contributed by atoms with Crippen LogP contribution in [0.15, 0.2) is 17.0 Å². The van der Waals surface area contributed by atoms with Gasteiger partial charge in [0, 0.05) is 13.1 Å². The van der Waals surface area contributed by atoms with Crippen molar-refractivity contribution in [3.63, 3.8) is 0 Å². The maximum Gasteiger partial charge on any atom is 0.244 e. The van der Waals surface area contributed by atoms with E-state index in [9.17, 15) is 8.42 Å². The molecule has 1 aliphatic carbocycles. The second-order valence-corrected chi connectivity index (χ2v) is 9.51. The monoisotopic (exact) mass is 380 g/mol. The number of sulfonamides is 1. The van der Waals surface area contributed by atoms with Gasteiger partial charge in [-0.05, 0) is 87.2 Å². The second kappa shape index (κ2) is 8.72. The van der Waals surface area contributed by atoms with Gasteiger partial charge in [-0.2, -0.15) is 0 Å². The van der Waals surface area contributed by atoms with Gasteiger partial charge in [0.25, 0.3) is 0 Å². The van der Waals surface area contributed by atoms with Crippen molar-refractivity contribution >= 4 is 10.0 Å². The highest BCUT2D eigenvalue weighted by Gasteiger charge is 2.23. The lowest BCUT2D eigenvalue weighted by Crippen LogP contribution is -2.36. The Bertz CT molecular complexity index is 718. The summed E-state index contributed by atoms with van der Waals surface area (Å²) < 4.78 is 33.7. The van der Waals surface area contributed by atoms with Crippen LogP contribution in [0.5, 0.6) is 5.75 Å². The van der Waals surface area contributed by atoms with E-state index in [4.69, 9.17) is 4.74 Å². The molecular formula is C20H32N2O3S. The van der Waals surface area contributed by atoms with Crippen molar-refractivity contribution in [2.45, 2.75) is 56.8 Å². The van der Waals surface area contributed by atoms with Crippen LogP contribution in [0.4, 0.5) is 0 Å². The minimum Gasteiger partial charge on any atom is -0.495 e. The Balaban J connectivity index is 1.60. The first-order chi connectivity index (χ1) is 12.5. The topological polar surface area (TPSA) is 58.6 Å². The van der Waals surface area contributed by atoms with Crippen LogP contribution in [0.1, 0.15) is 50.2 Å². The predicted molar refractivity (Wildman–Crippen MR) is 104 cm³/mol. The lowest BCUT2D eigenvalue weighted by Gasteiger charge is -2.30. The van der Waals surface area contributed by atoms with Gasteiger partial charge in [0.15, 0.2) is 0 Å². The molecule has 1 unspecified atom stereocenters. The van der Waals surface area contributed by atoms with Crippen molar-refractivity contribution in [3.8, 4) is 5.75 Å². The number of rotatable bonds is 7. The van der Waals surface area contributed by atoms with Gasteiger partial charge in [0.05, 0.1) is 7.11 Å². The van der Waals surface area contributed by atoms with Crippen LogP contribution in [0.2, 0.25) is 0 Å². The lowest BCUT2D eigenvalue weighted by atomic mass is 9.92. The first-order valence-electron chi connectivity index (χ1n) is 9.91. The standard InChI is InChI=1S/C20H32N2O3S/c1-16-7-5-11-22(15-16)12-6-10-21-26(23,24)20-14-18-9-4-3-8-17(18)13-19(20)25-2/h13-14,16,21H,3-12,15H2,1-2H3. The predicted octanol–water partition coefficient (Wildman–Crippen LogP) is 2.97. The zero-order valence-electron chi connectivity index (χ0n) is 16.1. The van der Waals surface area contributed by atoms with Crippen LogP contribution in [-0.4, -0.2) is 46.6 Å². The van der Waals surface area contributed by atoms with Crippen molar-refractivity contribution in [1.29, 1.82) is 0 Å². The van der Waals surface area contributed by atoms with E-state index in [0.29, 0.717) is 12.3 Å². The fourth-order valence-electron chi connectivity index (χ4n) is 4.19. The summed E-state index contributed by atoms with van der Waals surface area (Å²) in [4.78, 5) is 2.73. The first-order valence-corrected chi connectivity index (χ1v) is 11.4.